The zero-order valence-electron chi connectivity index (χ0n) is 14.3. The monoisotopic (exact) mass is 401 g/mol. The molecule has 0 amide bonds. The number of benzene rings is 2. The van der Waals surface area contributed by atoms with E-state index in [9.17, 15) is 26.0 Å². The molecular formula is C17H15F4N3O2S. The van der Waals surface area contributed by atoms with Crippen molar-refractivity contribution >= 4 is 20.9 Å². The topological polar surface area (TPSA) is 55.2 Å². The standard InChI is InChI=1S/C17H15F4N3O2S/c1-23-15-9-14(8-5-12(15)10-22-23)27(25,26)24(2)16(17(19,20)21)11-3-6-13(18)7-4-11/h3-10,16H,1-2H3/t16-/m1/s1. The van der Waals surface area contributed by atoms with E-state index in [2.05, 4.69) is 5.10 Å². The van der Waals surface area contributed by atoms with E-state index in [4.69, 9.17) is 0 Å². The predicted molar refractivity (Wildman–Crippen MR) is 90.9 cm³/mol. The summed E-state index contributed by atoms with van der Waals surface area (Å²) >= 11 is 0. The number of sulfonamides is 1. The molecule has 0 saturated carbocycles. The van der Waals surface area contributed by atoms with Crippen molar-refractivity contribution in [1.29, 1.82) is 0 Å². The number of alkyl halides is 3. The molecule has 2 aromatic carbocycles. The summed E-state index contributed by atoms with van der Waals surface area (Å²) in [5.74, 6) is -0.716. The summed E-state index contributed by atoms with van der Waals surface area (Å²) in [6.07, 6.45) is -3.37. The highest BCUT2D eigenvalue weighted by Crippen LogP contribution is 2.39. The summed E-state index contributed by atoms with van der Waals surface area (Å²) in [6, 6.07) is 5.08. The highest BCUT2D eigenvalue weighted by molar-refractivity contribution is 7.89. The van der Waals surface area contributed by atoms with Gasteiger partial charge in [0.1, 0.15) is 11.9 Å². The van der Waals surface area contributed by atoms with Crippen LogP contribution in [0.2, 0.25) is 0 Å². The quantitative estimate of drug-likeness (QED) is 0.628. The third kappa shape index (κ3) is 3.54. The molecule has 0 N–H and O–H groups in total. The lowest BCUT2D eigenvalue weighted by Gasteiger charge is -2.29. The van der Waals surface area contributed by atoms with Gasteiger partial charge in [-0.15, -0.1) is 0 Å². The number of hydrogen-bond donors (Lipinski definition) is 0. The van der Waals surface area contributed by atoms with E-state index < -0.39 is 28.1 Å². The van der Waals surface area contributed by atoms with Gasteiger partial charge in [0.15, 0.2) is 0 Å². The van der Waals surface area contributed by atoms with Gasteiger partial charge < -0.3 is 0 Å². The van der Waals surface area contributed by atoms with E-state index in [0.717, 1.165) is 31.3 Å². The van der Waals surface area contributed by atoms with E-state index in [1.807, 2.05) is 0 Å². The first-order valence-corrected chi connectivity index (χ1v) is 9.18. The first kappa shape index (κ1) is 19.3. The van der Waals surface area contributed by atoms with Gasteiger partial charge in [-0.25, -0.2) is 12.8 Å². The Morgan fingerprint density at radius 2 is 1.74 bits per heavy atom. The molecule has 1 heterocycles. The van der Waals surface area contributed by atoms with Crippen molar-refractivity contribution in [3.8, 4) is 0 Å². The number of aromatic nitrogens is 2. The summed E-state index contributed by atoms with van der Waals surface area (Å²) in [7, 11) is -2.04. The summed E-state index contributed by atoms with van der Waals surface area (Å²) in [6.45, 7) is 0. The Hall–Kier alpha value is -2.46. The van der Waals surface area contributed by atoms with Gasteiger partial charge in [-0.05, 0) is 35.9 Å². The molecule has 0 unspecified atom stereocenters. The highest BCUT2D eigenvalue weighted by Gasteiger charge is 2.47. The van der Waals surface area contributed by atoms with Crippen LogP contribution in [0.5, 0.6) is 0 Å². The van der Waals surface area contributed by atoms with Crippen molar-refractivity contribution in [2.45, 2.75) is 17.1 Å². The van der Waals surface area contributed by atoms with E-state index in [1.165, 1.54) is 29.1 Å². The molecule has 0 aliphatic carbocycles. The molecule has 3 rings (SSSR count). The number of rotatable bonds is 4. The number of halogens is 4. The summed E-state index contributed by atoms with van der Waals surface area (Å²) in [4.78, 5) is -0.294. The van der Waals surface area contributed by atoms with Crippen LogP contribution in [0.25, 0.3) is 10.9 Å². The maximum Gasteiger partial charge on any atom is 0.409 e. The summed E-state index contributed by atoms with van der Waals surface area (Å²) in [5, 5.41) is 4.64. The van der Waals surface area contributed by atoms with Crippen LogP contribution in [0, 0.1) is 5.82 Å². The van der Waals surface area contributed by atoms with Crippen LogP contribution in [0.1, 0.15) is 11.6 Å². The van der Waals surface area contributed by atoms with E-state index in [-0.39, 0.29) is 14.8 Å². The van der Waals surface area contributed by atoms with Gasteiger partial charge in [-0.3, -0.25) is 4.68 Å². The number of hydrogen-bond acceptors (Lipinski definition) is 3. The third-order valence-corrected chi connectivity index (χ3v) is 6.08. The van der Waals surface area contributed by atoms with E-state index >= 15 is 0 Å². The van der Waals surface area contributed by atoms with Gasteiger partial charge in [0.05, 0.1) is 16.6 Å². The first-order chi connectivity index (χ1) is 12.5. The number of fused-ring (bicyclic) bond motifs is 1. The number of aryl methyl sites for hydroxylation is 1. The van der Waals surface area contributed by atoms with Gasteiger partial charge in [0.25, 0.3) is 0 Å². The van der Waals surface area contributed by atoms with Crippen LogP contribution in [-0.2, 0) is 17.1 Å². The minimum atomic E-state index is -4.89. The maximum atomic E-state index is 13.7. The SMILES string of the molecule is CN([C@H](c1ccc(F)cc1)C(F)(F)F)S(=O)(=O)c1ccc2cnn(C)c2c1. The molecule has 5 nitrogen and oxygen atoms in total. The lowest BCUT2D eigenvalue weighted by atomic mass is 10.1. The fraction of sp³-hybridized carbons (Fsp3) is 0.235. The van der Waals surface area contributed by atoms with Gasteiger partial charge in [0.2, 0.25) is 10.0 Å². The number of nitrogens with zero attached hydrogens (tertiary/aromatic N) is 3. The summed E-state index contributed by atoms with van der Waals surface area (Å²) in [5.41, 5.74) is 0.0893. The molecule has 27 heavy (non-hydrogen) atoms. The highest BCUT2D eigenvalue weighted by atomic mass is 32.2. The Morgan fingerprint density at radius 3 is 2.33 bits per heavy atom. The third-order valence-electron chi connectivity index (χ3n) is 4.26. The average molecular weight is 401 g/mol. The second-order valence-electron chi connectivity index (χ2n) is 6.01. The van der Waals surface area contributed by atoms with Crippen molar-refractivity contribution in [2.24, 2.45) is 7.05 Å². The zero-order chi connectivity index (χ0) is 20.0. The molecule has 0 spiro atoms. The van der Waals surface area contributed by atoms with Crippen LogP contribution >= 0.6 is 0 Å². The normalized spacial score (nSPS) is 14.0. The molecule has 0 aliphatic heterocycles. The molecule has 0 fully saturated rings. The van der Waals surface area contributed by atoms with E-state index in [1.54, 1.807) is 7.05 Å². The van der Waals surface area contributed by atoms with Gasteiger partial charge in [-0.2, -0.15) is 22.6 Å². The molecule has 0 aliphatic rings. The molecular weight excluding hydrogens is 386 g/mol. The van der Waals surface area contributed by atoms with Gasteiger partial charge in [-0.1, -0.05) is 12.1 Å². The molecule has 0 saturated heterocycles. The smallest absolute Gasteiger partial charge is 0.268 e. The molecule has 144 valence electrons. The van der Waals surface area contributed by atoms with Crippen LogP contribution in [-0.4, -0.2) is 35.7 Å². The Balaban J connectivity index is 2.09. The molecule has 0 radical (unpaired) electrons. The minimum absolute atomic E-state index is 0.248. The molecule has 1 aromatic heterocycles. The largest absolute Gasteiger partial charge is 0.409 e. The molecule has 1 atom stereocenters. The predicted octanol–water partition coefficient (Wildman–Crippen LogP) is 3.64. The Morgan fingerprint density at radius 1 is 1.11 bits per heavy atom. The van der Waals surface area contributed by atoms with Crippen molar-refractivity contribution in [2.75, 3.05) is 7.05 Å². The molecule has 10 heteroatoms. The van der Waals surface area contributed by atoms with Crippen LogP contribution in [0.3, 0.4) is 0 Å². The average Bonchev–Trinajstić information content (AvgIpc) is 2.96. The summed E-state index contributed by atoms with van der Waals surface area (Å²) < 4.78 is 81.4. The fourth-order valence-electron chi connectivity index (χ4n) is 2.84. The van der Waals surface area contributed by atoms with Crippen LogP contribution in [0.4, 0.5) is 17.6 Å². The lowest BCUT2D eigenvalue weighted by Crippen LogP contribution is -2.39. The van der Waals surface area contributed by atoms with Crippen molar-refractivity contribution < 1.29 is 26.0 Å². The van der Waals surface area contributed by atoms with Crippen LogP contribution in [0.15, 0.2) is 53.6 Å². The lowest BCUT2D eigenvalue weighted by molar-refractivity contribution is -0.171. The van der Waals surface area contributed by atoms with Crippen molar-refractivity contribution in [3.63, 3.8) is 0 Å². The van der Waals surface area contributed by atoms with Crippen LogP contribution < -0.4 is 0 Å². The van der Waals surface area contributed by atoms with E-state index in [0.29, 0.717) is 10.9 Å². The Labute approximate surface area is 152 Å². The Bertz CT molecular complexity index is 1080. The zero-order valence-corrected chi connectivity index (χ0v) is 15.1. The minimum Gasteiger partial charge on any atom is -0.268 e. The second kappa shape index (κ2) is 6.61. The second-order valence-corrected chi connectivity index (χ2v) is 8.00. The molecule has 0 bridgehead atoms. The van der Waals surface area contributed by atoms with Gasteiger partial charge >= 0.3 is 6.18 Å². The fourth-order valence-corrected chi connectivity index (χ4v) is 4.19. The Kier molecular flexibility index (Phi) is 4.73. The van der Waals surface area contributed by atoms with Gasteiger partial charge in [0, 0.05) is 19.5 Å². The van der Waals surface area contributed by atoms with Crippen molar-refractivity contribution in [3.05, 3.63) is 60.0 Å². The first-order valence-electron chi connectivity index (χ1n) is 7.74. The molecule has 3 aromatic rings. The maximum absolute atomic E-state index is 13.7. The van der Waals surface area contributed by atoms with Crippen molar-refractivity contribution in [1.82, 2.24) is 14.1 Å².